The average molecular weight is 336 g/mol. The highest BCUT2D eigenvalue weighted by atomic mass is 32.1. The summed E-state index contributed by atoms with van der Waals surface area (Å²) in [6.45, 7) is 1.32. The zero-order chi connectivity index (χ0) is 15.4. The molecule has 0 atom stereocenters. The topological polar surface area (TPSA) is 59.5 Å². The minimum absolute atomic E-state index is 0.123. The minimum Gasteiger partial charge on any atom is -0.451 e. The van der Waals surface area contributed by atoms with Crippen LogP contribution in [0.5, 0.6) is 0 Å². The predicted octanol–water partition coefficient (Wildman–Crippen LogP) is 3.04. The first-order chi connectivity index (χ1) is 10.7. The molecular formula is C15H16N2O3S2. The molecule has 0 spiro atoms. The van der Waals surface area contributed by atoms with Crippen molar-refractivity contribution in [2.24, 2.45) is 0 Å². The van der Waals surface area contributed by atoms with E-state index >= 15 is 0 Å². The third kappa shape index (κ3) is 3.53. The molecule has 2 aromatic heterocycles. The minimum atomic E-state index is -0.538. The zero-order valence-electron chi connectivity index (χ0n) is 12.0. The number of hydrogen-bond donors (Lipinski definition) is 0. The maximum absolute atomic E-state index is 12.0. The number of rotatable bonds is 4. The number of piperidine rings is 1. The van der Waals surface area contributed by atoms with E-state index in [2.05, 4.69) is 4.98 Å². The highest BCUT2D eigenvalue weighted by Crippen LogP contribution is 2.27. The van der Waals surface area contributed by atoms with Gasteiger partial charge in [-0.15, -0.1) is 22.7 Å². The van der Waals surface area contributed by atoms with Crippen molar-refractivity contribution in [2.75, 3.05) is 19.7 Å². The molecule has 1 saturated heterocycles. The fraction of sp³-hybridized carbons (Fsp3) is 0.400. The Morgan fingerprint density at radius 3 is 2.77 bits per heavy atom. The van der Waals surface area contributed by atoms with E-state index in [1.807, 2.05) is 17.5 Å². The summed E-state index contributed by atoms with van der Waals surface area (Å²) >= 11 is 2.97. The number of likely N-dealkylation sites (tertiary alicyclic amines) is 1. The molecule has 1 amide bonds. The van der Waals surface area contributed by atoms with Crippen LogP contribution in [0.2, 0.25) is 0 Å². The number of carbonyl (C=O) groups is 2. The fourth-order valence-electron chi connectivity index (χ4n) is 2.32. The first-order valence-corrected chi connectivity index (χ1v) is 8.94. The molecule has 5 nitrogen and oxygen atoms in total. The Kier molecular flexibility index (Phi) is 4.84. The van der Waals surface area contributed by atoms with E-state index in [-0.39, 0.29) is 18.2 Å². The number of amides is 1. The largest absolute Gasteiger partial charge is 0.451 e. The van der Waals surface area contributed by atoms with Crippen LogP contribution in [0.25, 0.3) is 9.88 Å². The van der Waals surface area contributed by atoms with Crippen molar-refractivity contribution in [3.8, 4) is 9.88 Å². The molecule has 0 bridgehead atoms. The van der Waals surface area contributed by atoms with E-state index in [4.69, 9.17) is 4.74 Å². The molecule has 7 heteroatoms. The maximum Gasteiger partial charge on any atom is 0.358 e. The van der Waals surface area contributed by atoms with Gasteiger partial charge >= 0.3 is 5.97 Å². The highest BCUT2D eigenvalue weighted by molar-refractivity contribution is 7.20. The first kappa shape index (κ1) is 15.2. The number of carbonyl (C=O) groups excluding carboxylic acids is 2. The van der Waals surface area contributed by atoms with Gasteiger partial charge in [-0.3, -0.25) is 4.79 Å². The van der Waals surface area contributed by atoms with Gasteiger partial charge in [-0.1, -0.05) is 6.07 Å². The number of aromatic nitrogens is 1. The van der Waals surface area contributed by atoms with Crippen molar-refractivity contribution in [3.63, 3.8) is 0 Å². The molecule has 3 rings (SSSR count). The van der Waals surface area contributed by atoms with Crippen LogP contribution < -0.4 is 0 Å². The van der Waals surface area contributed by atoms with Gasteiger partial charge in [0.2, 0.25) is 0 Å². The lowest BCUT2D eigenvalue weighted by molar-refractivity contribution is -0.135. The van der Waals surface area contributed by atoms with Crippen LogP contribution in [0, 0.1) is 0 Å². The summed E-state index contributed by atoms with van der Waals surface area (Å²) in [5.74, 6) is -0.661. The Labute approximate surface area is 136 Å². The Balaban J connectivity index is 1.54. The second-order valence-electron chi connectivity index (χ2n) is 5.03. The van der Waals surface area contributed by atoms with E-state index in [1.165, 1.54) is 11.3 Å². The van der Waals surface area contributed by atoms with Gasteiger partial charge in [0.05, 0.1) is 4.88 Å². The molecule has 1 fully saturated rings. The quantitative estimate of drug-likeness (QED) is 0.805. The van der Waals surface area contributed by atoms with Gasteiger partial charge in [0.15, 0.2) is 12.3 Å². The van der Waals surface area contributed by atoms with E-state index < -0.39 is 5.97 Å². The summed E-state index contributed by atoms with van der Waals surface area (Å²) in [5.41, 5.74) is 0.264. The van der Waals surface area contributed by atoms with Crippen LogP contribution in [-0.4, -0.2) is 41.5 Å². The highest BCUT2D eigenvalue weighted by Gasteiger charge is 2.19. The van der Waals surface area contributed by atoms with E-state index in [0.29, 0.717) is 0 Å². The smallest absolute Gasteiger partial charge is 0.358 e. The van der Waals surface area contributed by atoms with E-state index in [1.54, 1.807) is 21.6 Å². The third-order valence-electron chi connectivity index (χ3n) is 3.48. The van der Waals surface area contributed by atoms with Gasteiger partial charge in [-0.05, 0) is 30.7 Å². The lowest BCUT2D eigenvalue weighted by atomic mass is 10.1. The van der Waals surface area contributed by atoms with Crippen LogP contribution in [0.15, 0.2) is 22.9 Å². The Hall–Kier alpha value is -1.73. The van der Waals surface area contributed by atoms with Crippen LogP contribution >= 0.6 is 22.7 Å². The number of thiazole rings is 1. The lowest BCUT2D eigenvalue weighted by Crippen LogP contribution is -2.38. The number of thiophene rings is 1. The standard InChI is InChI=1S/C15H16N2O3S2/c18-13(17-6-2-1-3-7-17)9-20-15(19)11-10-22-14(16-11)12-5-4-8-21-12/h4-5,8,10H,1-3,6-7,9H2. The van der Waals surface area contributed by atoms with Crippen molar-refractivity contribution < 1.29 is 14.3 Å². The van der Waals surface area contributed by atoms with Gasteiger partial charge in [-0.2, -0.15) is 0 Å². The summed E-state index contributed by atoms with van der Waals surface area (Å²) in [5, 5.41) is 4.43. The molecule has 0 aromatic carbocycles. The molecule has 1 aliphatic rings. The summed E-state index contributed by atoms with van der Waals surface area (Å²) in [6, 6.07) is 3.90. The summed E-state index contributed by atoms with van der Waals surface area (Å²) < 4.78 is 5.09. The molecule has 0 N–H and O–H groups in total. The summed E-state index contributed by atoms with van der Waals surface area (Å²) in [4.78, 5) is 31.0. The van der Waals surface area contributed by atoms with Crippen LogP contribution in [0.3, 0.4) is 0 Å². The molecular weight excluding hydrogens is 320 g/mol. The van der Waals surface area contributed by atoms with Gasteiger partial charge < -0.3 is 9.64 Å². The monoisotopic (exact) mass is 336 g/mol. The molecule has 3 heterocycles. The van der Waals surface area contributed by atoms with Crippen molar-refractivity contribution in [2.45, 2.75) is 19.3 Å². The zero-order valence-corrected chi connectivity index (χ0v) is 13.6. The number of esters is 1. The fourth-order valence-corrected chi connectivity index (χ4v) is 3.92. The molecule has 0 saturated carbocycles. The van der Waals surface area contributed by atoms with Crippen LogP contribution in [0.4, 0.5) is 0 Å². The van der Waals surface area contributed by atoms with Crippen LogP contribution in [-0.2, 0) is 9.53 Å². The molecule has 22 heavy (non-hydrogen) atoms. The Morgan fingerprint density at radius 1 is 1.23 bits per heavy atom. The Morgan fingerprint density at radius 2 is 2.05 bits per heavy atom. The SMILES string of the molecule is O=C(OCC(=O)N1CCCCC1)c1csc(-c2cccs2)n1. The van der Waals surface area contributed by atoms with E-state index in [9.17, 15) is 9.59 Å². The summed E-state index contributed by atoms with van der Waals surface area (Å²) in [7, 11) is 0. The molecule has 0 unspecified atom stereocenters. The second-order valence-corrected chi connectivity index (χ2v) is 6.84. The lowest BCUT2D eigenvalue weighted by Gasteiger charge is -2.26. The van der Waals surface area contributed by atoms with Gasteiger partial charge in [-0.25, -0.2) is 9.78 Å². The molecule has 0 radical (unpaired) electrons. The molecule has 116 valence electrons. The van der Waals surface area contributed by atoms with Crippen molar-refractivity contribution >= 4 is 34.6 Å². The predicted molar refractivity (Wildman–Crippen MR) is 86.1 cm³/mol. The molecule has 0 aliphatic carbocycles. The Bertz CT molecular complexity index is 646. The van der Waals surface area contributed by atoms with Gasteiger partial charge in [0.25, 0.3) is 5.91 Å². The van der Waals surface area contributed by atoms with Crippen molar-refractivity contribution in [1.29, 1.82) is 0 Å². The van der Waals surface area contributed by atoms with Gasteiger partial charge in [0, 0.05) is 18.5 Å². The normalized spacial score (nSPS) is 14.8. The number of hydrogen-bond acceptors (Lipinski definition) is 6. The van der Waals surface area contributed by atoms with Crippen molar-refractivity contribution in [1.82, 2.24) is 9.88 Å². The number of nitrogens with zero attached hydrogens (tertiary/aromatic N) is 2. The maximum atomic E-state index is 12.0. The van der Waals surface area contributed by atoms with Gasteiger partial charge in [0.1, 0.15) is 5.01 Å². The van der Waals surface area contributed by atoms with Crippen molar-refractivity contribution in [3.05, 3.63) is 28.6 Å². The second kappa shape index (κ2) is 7.02. The molecule has 2 aromatic rings. The number of ether oxygens (including phenoxy) is 1. The first-order valence-electron chi connectivity index (χ1n) is 7.18. The van der Waals surface area contributed by atoms with E-state index in [0.717, 1.165) is 42.2 Å². The molecule has 1 aliphatic heterocycles. The third-order valence-corrected chi connectivity index (χ3v) is 5.36. The van der Waals surface area contributed by atoms with Crippen LogP contribution in [0.1, 0.15) is 29.8 Å². The summed E-state index contributed by atoms with van der Waals surface area (Å²) in [6.07, 6.45) is 3.21. The average Bonchev–Trinajstić information content (AvgIpc) is 3.23.